The maximum atomic E-state index is 11.9. The minimum absolute atomic E-state index is 0. The van der Waals surface area contributed by atoms with E-state index in [1.54, 1.807) is 36.4 Å². The summed E-state index contributed by atoms with van der Waals surface area (Å²) in [5, 5.41) is 19.9. The third-order valence-corrected chi connectivity index (χ3v) is 4.39. The van der Waals surface area contributed by atoms with Crippen LogP contribution in [-0.4, -0.2) is 50.6 Å². The van der Waals surface area contributed by atoms with Crippen molar-refractivity contribution in [3.05, 3.63) is 77.1 Å². The van der Waals surface area contributed by atoms with E-state index in [-0.39, 0.29) is 52.6 Å². The molecule has 170 valence electrons. The number of aromatic hydroxyl groups is 2. The fourth-order valence-corrected chi connectivity index (χ4v) is 2.99. The molecule has 0 unspecified atom stereocenters. The zero-order chi connectivity index (χ0) is 23.8. The van der Waals surface area contributed by atoms with Crippen LogP contribution in [0.1, 0.15) is 11.1 Å². The van der Waals surface area contributed by atoms with Gasteiger partial charge in [0.15, 0.2) is 28.8 Å². The third-order valence-electron chi connectivity index (χ3n) is 4.39. The number of methoxy groups -OCH3 is 3. The number of benzene rings is 2. The van der Waals surface area contributed by atoms with E-state index >= 15 is 0 Å². The molecule has 1 aliphatic carbocycles. The van der Waals surface area contributed by atoms with Crippen molar-refractivity contribution in [1.82, 2.24) is 0 Å². The van der Waals surface area contributed by atoms with E-state index in [1.807, 2.05) is 0 Å². The fourth-order valence-electron chi connectivity index (χ4n) is 2.99. The molecule has 11 heteroatoms. The molecule has 0 saturated heterocycles. The van der Waals surface area contributed by atoms with E-state index in [9.17, 15) is 15.0 Å². The van der Waals surface area contributed by atoms with Gasteiger partial charge in [-0.2, -0.15) is 4.21 Å². The number of phenols is 2. The van der Waals surface area contributed by atoms with Gasteiger partial charge in [0.2, 0.25) is 5.78 Å². The molecule has 4 N–H and O–H groups in total. The van der Waals surface area contributed by atoms with Gasteiger partial charge in [0.1, 0.15) is 0 Å². The molecular formula is C22H22NaO9S+. The first-order valence-electron chi connectivity index (χ1n) is 8.98. The summed E-state index contributed by atoms with van der Waals surface area (Å²) in [6.45, 7) is 0. The first kappa shape index (κ1) is 28.4. The maximum absolute atomic E-state index is 11.9. The summed E-state index contributed by atoms with van der Waals surface area (Å²) in [6.07, 6.45) is 4.78. The zero-order valence-electron chi connectivity index (χ0n) is 18.4. The van der Waals surface area contributed by atoms with Crippen molar-refractivity contribution < 1.29 is 72.1 Å². The molecule has 3 rings (SSSR count). The van der Waals surface area contributed by atoms with Crippen LogP contribution in [0.5, 0.6) is 23.0 Å². The van der Waals surface area contributed by atoms with E-state index < -0.39 is 11.4 Å². The van der Waals surface area contributed by atoms with Gasteiger partial charge < -0.3 is 24.4 Å². The molecule has 0 saturated carbocycles. The van der Waals surface area contributed by atoms with Gasteiger partial charge in [-0.1, -0.05) is 18.2 Å². The second-order valence-electron chi connectivity index (χ2n) is 6.24. The molecule has 0 fully saturated rings. The number of rotatable bonds is 5. The Morgan fingerprint density at radius 2 is 1.27 bits per heavy atom. The van der Waals surface area contributed by atoms with Crippen LogP contribution >= 0.6 is 0 Å². The molecule has 0 amide bonds. The van der Waals surface area contributed by atoms with Crippen LogP contribution in [0.25, 0.3) is 5.57 Å². The van der Waals surface area contributed by atoms with Crippen molar-refractivity contribution in [3.8, 4) is 23.0 Å². The van der Waals surface area contributed by atoms with E-state index in [2.05, 4.69) is 0 Å². The molecule has 2 aromatic carbocycles. The number of hydrogen-bond acceptors (Lipinski definition) is 7. The Hall–Kier alpha value is -2.60. The van der Waals surface area contributed by atoms with Crippen molar-refractivity contribution in [2.24, 2.45) is 0 Å². The Balaban J connectivity index is 0.00000101. The number of ether oxygens (including phenoxy) is 3. The van der Waals surface area contributed by atoms with Crippen LogP contribution in [-0.2, 0) is 20.9 Å². The van der Waals surface area contributed by atoms with Crippen LogP contribution in [0.15, 0.2) is 66.0 Å². The number of carbonyl (C=O) groups is 1. The average Bonchev–Trinajstić information content (AvgIpc) is 2.76. The topological polar surface area (TPSA) is 143 Å². The third kappa shape index (κ3) is 7.46. The molecule has 2 aromatic rings. The van der Waals surface area contributed by atoms with Crippen molar-refractivity contribution in [1.29, 1.82) is 0 Å². The quantitative estimate of drug-likeness (QED) is 0.347. The predicted octanol–water partition coefficient (Wildman–Crippen LogP) is 0.271. The summed E-state index contributed by atoms with van der Waals surface area (Å²) < 4.78 is 38.5. The van der Waals surface area contributed by atoms with Crippen LogP contribution in [0.2, 0.25) is 0 Å². The number of allylic oxidation sites excluding steroid dienone is 4. The smallest absolute Gasteiger partial charge is 0.504 e. The molecule has 0 atom stereocenters. The summed E-state index contributed by atoms with van der Waals surface area (Å²) >= 11 is -2.61. The molecular weight excluding hydrogens is 463 g/mol. The molecule has 33 heavy (non-hydrogen) atoms. The summed E-state index contributed by atoms with van der Waals surface area (Å²) in [4.78, 5) is 11.9. The van der Waals surface area contributed by atoms with Gasteiger partial charge in [0, 0.05) is 0 Å². The Bertz CT molecular complexity index is 1060. The van der Waals surface area contributed by atoms with Crippen molar-refractivity contribution in [2.75, 3.05) is 21.3 Å². The number of ketones is 1. The summed E-state index contributed by atoms with van der Waals surface area (Å²) in [5.41, 5.74) is 2.94. The number of carbonyl (C=O) groups excluding carboxylic acids is 1. The summed E-state index contributed by atoms with van der Waals surface area (Å²) in [6, 6.07) is 9.94. The van der Waals surface area contributed by atoms with E-state index in [0.717, 1.165) is 22.3 Å². The summed E-state index contributed by atoms with van der Waals surface area (Å²) in [5.74, 6) is 0.646. The number of phenolic OH excluding ortho intramolecular Hbond substituents is 2. The van der Waals surface area contributed by atoms with Crippen molar-refractivity contribution in [2.45, 2.75) is 0 Å². The molecule has 0 heterocycles. The van der Waals surface area contributed by atoms with Crippen LogP contribution in [0.4, 0.5) is 0 Å². The van der Waals surface area contributed by atoms with Gasteiger partial charge in [-0.3, -0.25) is 13.9 Å². The van der Waals surface area contributed by atoms with Gasteiger partial charge in [-0.05, 0) is 58.7 Å². The standard InChI is InChI=1S/C22H20O6.Na.H2O3S/c1-26-19-10-13(4-7-16(19)23)22(14-5-8-17(24)20(11-14)27-2)15-6-9-18(25)21(12-15)28-3;;1-4(2)3/h4-12,23-24H,1-3H3;;(H2,1,2,3)/q;+1;. The predicted molar refractivity (Wildman–Crippen MR) is 118 cm³/mol. The number of hydrogen-bond donors (Lipinski definition) is 4. The van der Waals surface area contributed by atoms with Crippen LogP contribution < -0.4 is 39.0 Å². The normalized spacial score (nSPS) is 12.2. The second kappa shape index (κ2) is 13.2. The fraction of sp³-hybridized carbons (Fsp3) is 0.136. The first-order valence-corrected chi connectivity index (χ1v) is 10.0. The van der Waals surface area contributed by atoms with Gasteiger partial charge >= 0.3 is 29.6 Å². The van der Waals surface area contributed by atoms with Gasteiger partial charge in [-0.25, -0.2) is 0 Å². The largest absolute Gasteiger partial charge is 1.00 e. The van der Waals surface area contributed by atoms with E-state index in [0.29, 0.717) is 11.5 Å². The van der Waals surface area contributed by atoms with Crippen LogP contribution in [0, 0.1) is 0 Å². The molecule has 0 radical (unpaired) electrons. The van der Waals surface area contributed by atoms with Gasteiger partial charge in [0.25, 0.3) is 11.4 Å². The van der Waals surface area contributed by atoms with Crippen molar-refractivity contribution in [3.63, 3.8) is 0 Å². The molecule has 0 aromatic heterocycles. The minimum atomic E-state index is -2.61. The molecule has 0 aliphatic heterocycles. The Morgan fingerprint density at radius 3 is 1.67 bits per heavy atom. The second-order valence-corrected chi connectivity index (χ2v) is 6.71. The Kier molecular flexibility index (Phi) is 11.4. The monoisotopic (exact) mass is 485 g/mol. The molecule has 0 spiro atoms. The van der Waals surface area contributed by atoms with Crippen molar-refractivity contribution >= 4 is 22.7 Å². The van der Waals surface area contributed by atoms with Crippen LogP contribution in [0.3, 0.4) is 0 Å². The Labute approximate surface area is 215 Å². The molecule has 0 bridgehead atoms. The average molecular weight is 485 g/mol. The van der Waals surface area contributed by atoms with Gasteiger partial charge in [0.05, 0.1) is 21.3 Å². The first-order chi connectivity index (χ1) is 15.2. The Morgan fingerprint density at radius 1 is 0.818 bits per heavy atom. The van der Waals surface area contributed by atoms with E-state index in [1.165, 1.54) is 39.5 Å². The van der Waals surface area contributed by atoms with E-state index in [4.69, 9.17) is 27.5 Å². The SMILES string of the molecule is COC1=CC(=C(c2ccc(O)c(OC)c2)c2ccc(O)c(OC)c2)C=CC1=O.O=S(O)O.[Na+]. The minimum Gasteiger partial charge on any atom is -0.504 e. The molecule has 9 nitrogen and oxygen atoms in total. The molecule has 1 aliphatic rings. The summed E-state index contributed by atoms with van der Waals surface area (Å²) in [7, 11) is 4.38. The van der Waals surface area contributed by atoms with Gasteiger partial charge in [-0.15, -0.1) is 0 Å². The maximum Gasteiger partial charge on any atom is 1.00 e. The zero-order valence-corrected chi connectivity index (χ0v) is 21.3.